The molecule has 1 saturated carbocycles. The van der Waals surface area contributed by atoms with Crippen LogP contribution in [0.1, 0.15) is 18.4 Å². The standard InChI is InChI=1S/C13H16N2O/c16-13-14-8-12(11-6-7-11)15(13)9-10-4-2-1-3-5-10/h1-5,11-12H,6-9H2,(H,14,16). The van der Waals surface area contributed by atoms with Crippen LogP contribution in [-0.2, 0) is 6.54 Å². The molecule has 1 aliphatic carbocycles. The molecule has 1 aromatic carbocycles. The van der Waals surface area contributed by atoms with Crippen LogP contribution >= 0.6 is 0 Å². The first-order valence-electron chi connectivity index (χ1n) is 5.93. The lowest BCUT2D eigenvalue weighted by atomic mass is 10.1. The van der Waals surface area contributed by atoms with Gasteiger partial charge in [0.15, 0.2) is 0 Å². The van der Waals surface area contributed by atoms with Crippen LogP contribution in [0.25, 0.3) is 0 Å². The van der Waals surface area contributed by atoms with Crippen LogP contribution in [0.15, 0.2) is 30.3 Å². The Kier molecular flexibility index (Phi) is 2.31. The molecule has 0 radical (unpaired) electrons. The molecule has 2 aliphatic rings. The molecule has 84 valence electrons. The summed E-state index contributed by atoms with van der Waals surface area (Å²) in [5, 5.41) is 2.95. The van der Waals surface area contributed by atoms with E-state index in [-0.39, 0.29) is 6.03 Å². The summed E-state index contributed by atoms with van der Waals surface area (Å²) in [5.41, 5.74) is 1.21. The highest BCUT2D eigenvalue weighted by molar-refractivity contribution is 5.77. The van der Waals surface area contributed by atoms with Crippen molar-refractivity contribution >= 4 is 6.03 Å². The summed E-state index contributed by atoms with van der Waals surface area (Å²) in [4.78, 5) is 13.7. The van der Waals surface area contributed by atoms with Gasteiger partial charge in [0.25, 0.3) is 0 Å². The minimum atomic E-state index is 0.0979. The van der Waals surface area contributed by atoms with Gasteiger partial charge in [-0.3, -0.25) is 0 Å². The third kappa shape index (κ3) is 1.77. The number of nitrogens with one attached hydrogen (secondary N) is 1. The Morgan fingerprint density at radius 2 is 2.00 bits per heavy atom. The normalized spacial score (nSPS) is 24.6. The number of carbonyl (C=O) groups is 1. The second kappa shape index (κ2) is 3.81. The van der Waals surface area contributed by atoms with Crippen LogP contribution in [0.5, 0.6) is 0 Å². The summed E-state index contributed by atoms with van der Waals surface area (Å²) in [6.07, 6.45) is 2.57. The van der Waals surface area contributed by atoms with Crippen LogP contribution in [-0.4, -0.2) is 23.5 Å². The molecule has 3 nitrogen and oxygen atoms in total. The van der Waals surface area contributed by atoms with E-state index in [4.69, 9.17) is 0 Å². The summed E-state index contributed by atoms with van der Waals surface area (Å²) < 4.78 is 0. The average molecular weight is 216 g/mol. The Bertz CT molecular complexity index is 386. The van der Waals surface area contributed by atoms with E-state index < -0.39 is 0 Å². The summed E-state index contributed by atoms with van der Waals surface area (Å²) in [6.45, 7) is 1.57. The van der Waals surface area contributed by atoms with E-state index in [9.17, 15) is 4.79 Å². The molecule has 1 unspecified atom stereocenters. The molecule has 1 aliphatic heterocycles. The molecule has 0 aromatic heterocycles. The monoisotopic (exact) mass is 216 g/mol. The first-order valence-corrected chi connectivity index (χ1v) is 5.93. The number of carbonyl (C=O) groups excluding carboxylic acids is 1. The molecule has 2 fully saturated rings. The number of amides is 2. The number of benzene rings is 1. The van der Waals surface area contributed by atoms with E-state index in [0.717, 1.165) is 19.0 Å². The highest BCUT2D eigenvalue weighted by atomic mass is 16.2. The zero-order valence-corrected chi connectivity index (χ0v) is 9.23. The SMILES string of the molecule is O=C1NCC(C2CC2)N1Cc1ccccc1. The molecule has 1 aromatic rings. The molecule has 1 atom stereocenters. The van der Waals surface area contributed by atoms with Crippen LogP contribution < -0.4 is 5.32 Å². The lowest BCUT2D eigenvalue weighted by molar-refractivity contribution is 0.195. The van der Waals surface area contributed by atoms with Crippen molar-refractivity contribution in [1.29, 1.82) is 0 Å². The summed E-state index contributed by atoms with van der Waals surface area (Å²) in [6, 6.07) is 10.7. The second-order valence-corrected chi connectivity index (χ2v) is 4.70. The van der Waals surface area contributed by atoms with Crippen LogP contribution in [0.2, 0.25) is 0 Å². The second-order valence-electron chi connectivity index (χ2n) is 4.70. The van der Waals surface area contributed by atoms with Gasteiger partial charge in [0, 0.05) is 13.1 Å². The molecule has 2 amide bonds. The maximum atomic E-state index is 11.7. The fourth-order valence-corrected chi connectivity index (χ4v) is 2.43. The fourth-order valence-electron chi connectivity index (χ4n) is 2.43. The zero-order valence-electron chi connectivity index (χ0n) is 9.23. The van der Waals surface area contributed by atoms with Gasteiger partial charge in [-0.25, -0.2) is 4.79 Å². The van der Waals surface area contributed by atoms with Gasteiger partial charge in [-0.1, -0.05) is 30.3 Å². The van der Waals surface area contributed by atoms with Gasteiger partial charge in [-0.2, -0.15) is 0 Å². The summed E-state index contributed by atoms with van der Waals surface area (Å²) in [5.74, 6) is 0.739. The van der Waals surface area contributed by atoms with E-state index >= 15 is 0 Å². The Morgan fingerprint density at radius 1 is 1.25 bits per heavy atom. The largest absolute Gasteiger partial charge is 0.336 e. The molecule has 1 heterocycles. The van der Waals surface area contributed by atoms with Crippen LogP contribution in [0, 0.1) is 5.92 Å². The predicted molar refractivity (Wildman–Crippen MR) is 61.9 cm³/mol. The highest BCUT2D eigenvalue weighted by Crippen LogP contribution is 2.37. The molecule has 1 N–H and O–H groups in total. The maximum absolute atomic E-state index is 11.7. The lowest BCUT2D eigenvalue weighted by Gasteiger charge is -2.22. The third-order valence-corrected chi connectivity index (χ3v) is 3.49. The van der Waals surface area contributed by atoms with Crippen molar-refractivity contribution in [2.75, 3.05) is 6.54 Å². The van der Waals surface area contributed by atoms with Crippen molar-refractivity contribution in [2.24, 2.45) is 5.92 Å². The van der Waals surface area contributed by atoms with Crippen molar-refractivity contribution in [3.63, 3.8) is 0 Å². The van der Waals surface area contributed by atoms with Gasteiger partial charge in [-0.05, 0) is 24.3 Å². The van der Waals surface area contributed by atoms with Gasteiger partial charge < -0.3 is 10.2 Å². The quantitative estimate of drug-likeness (QED) is 0.823. The molecule has 0 bridgehead atoms. The molecule has 16 heavy (non-hydrogen) atoms. The Labute approximate surface area is 95.4 Å². The minimum Gasteiger partial charge on any atom is -0.336 e. The number of hydrogen-bond donors (Lipinski definition) is 1. The number of hydrogen-bond acceptors (Lipinski definition) is 1. The number of urea groups is 1. The van der Waals surface area contributed by atoms with E-state index in [0.29, 0.717) is 6.04 Å². The maximum Gasteiger partial charge on any atom is 0.318 e. The Hall–Kier alpha value is -1.51. The molecule has 3 rings (SSSR count). The van der Waals surface area contributed by atoms with E-state index in [1.54, 1.807) is 0 Å². The first kappa shape index (κ1) is 9.70. The molecular formula is C13H16N2O. The van der Waals surface area contributed by atoms with Crippen molar-refractivity contribution in [3.05, 3.63) is 35.9 Å². The summed E-state index contributed by atoms with van der Waals surface area (Å²) >= 11 is 0. The van der Waals surface area contributed by atoms with Gasteiger partial charge in [0.05, 0.1) is 6.04 Å². The highest BCUT2D eigenvalue weighted by Gasteiger charge is 2.41. The Morgan fingerprint density at radius 3 is 2.69 bits per heavy atom. The smallest absolute Gasteiger partial charge is 0.318 e. The number of nitrogens with zero attached hydrogens (tertiary/aromatic N) is 1. The fraction of sp³-hybridized carbons (Fsp3) is 0.462. The average Bonchev–Trinajstić information content (AvgIpc) is 3.08. The van der Waals surface area contributed by atoms with Crippen molar-refractivity contribution in [3.8, 4) is 0 Å². The van der Waals surface area contributed by atoms with Crippen molar-refractivity contribution in [1.82, 2.24) is 10.2 Å². The predicted octanol–water partition coefficient (Wildman–Crippen LogP) is 1.99. The molecule has 0 spiro atoms. The lowest BCUT2D eigenvalue weighted by Crippen LogP contribution is -2.34. The summed E-state index contributed by atoms with van der Waals surface area (Å²) in [7, 11) is 0. The van der Waals surface area contributed by atoms with Gasteiger partial charge in [-0.15, -0.1) is 0 Å². The van der Waals surface area contributed by atoms with Crippen LogP contribution in [0.4, 0.5) is 4.79 Å². The van der Waals surface area contributed by atoms with Gasteiger partial charge in [0.2, 0.25) is 0 Å². The van der Waals surface area contributed by atoms with Gasteiger partial charge in [0.1, 0.15) is 0 Å². The minimum absolute atomic E-state index is 0.0979. The molecule has 3 heteroatoms. The topological polar surface area (TPSA) is 32.3 Å². The van der Waals surface area contributed by atoms with Crippen molar-refractivity contribution < 1.29 is 4.79 Å². The van der Waals surface area contributed by atoms with Crippen molar-refractivity contribution in [2.45, 2.75) is 25.4 Å². The van der Waals surface area contributed by atoms with E-state index in [1.807, 2.05) is 23.1 Å². The zero-order chi connectivity index (χ0) is 11.0. The molecule has 1 saturated heterocycles. The van der Waals surface area contributed by atoms with Crippen LogP contribution in [0.3, 0.4) is 0 Å². The van der Waals surface area contributed by atoms with E-state index in [1.165, 1.54) is 18.4 Å². The van der Waals surface area contributed by atoms with Gasteiger partial charge >= 0.3 is 6.03 Å². The Balaban J connectivity index is 1.74. The number of rotatable bonds is 3. The first-order chi connectivity index (χ1) is 7.84. The third-order valence-electron chi connectivity index (χ3n) is 3.49. The molecular weight excluding hydrogens is 200 g/mol. The van der Waals surface area contributed by atoms with E-state index in [2.05, 4.69) is 17.4 Å².